The molecule has 2 aromatic rings. The standard InChI is InChI=1S/C16H9Cl2F5N2O2/c17-8-3-7(4-24-5-8)6-25-10-2-1-9(18)11(13(26)16(21,22)23)12(10)15(19,20)14(25)27/h1-5,13,26H,6H2. The molecule has 1 aromatic heterocycles. The Labute approximate surface area is 159 Å². The van der Waals surface area contributed by atoms with E-state index in [9.17, 15) is 31.9 Å². The van der Waals surface area contributed by atoms with Crippen LogP contribution < -0.4 is 4.90 Å². The molecular weight excluding hydrogens is 418 g/mol. The van der Waals surface area contributed by atoms with Crippen molar-refractivity contribution in [1.82, 2.24) is 4.98 Å². The van der Waals surface area contributed by atoms with Gasteiger partial charge in [-0.15, -0.1) is 0 Å². The SMILES string of the molecule is O=C1N(Cc2cncc(Cl)c2)c2ccc(Cl)c(C(O)C(F)(F)F)c2C1(F)F. The van der Waals surface area contributed by atoms with Crippen LogP contribution in [0.1, 0.15) is 22.8 Å². The van der Waals surface area contributed by atoms with Crippen molar-refractivity contribution >= 4 is 34.8 Å². The van der Waals surface area contributed by atoms with Gasteiger partial charge in [0.2, 0.25) is 0 Å². The summed E-state index contributed by atoms with van der Waals surface area (Å²) >= 11 is 11.4. The third kappa shape index (κ3) is 3.35. The van der Waals surface area contributed by atoms with E-state index < -0.39 is 52.5 Å². The molecule has 1 unspecified atom stereocenters. The first-order chi connectivity index (χ1) is 12.4. The summed E-state index contributed by atoms with van der Waals surface area (Å²) in [6, 6.07) is 3.29. The first kappa shape index (κ1) is 19.8. The number of halogens is 7. The zero-order valence-corrected chi connectivity index (χ0v) is 14.6. The molecule has 0 bridgehead atoms. The molecule has 3 rings (SSSR count). The van der Waals surface area contributed by atoms with Crippen LogP contribution in [0.4, 0.5) is 27.6 Å². The number of aromatic nitrogens is 1. The van der Waals surface area contributed by atoms with Gasteiger partial charge >= 0.3 is 18.0 Å². The van der Waals surface area contributed by atoms with E-state index in [1.807, 2.05) is 0 Å². The highest BCUT2D eigenvalue weighted by atomic mass is 35.5. The lowest BCUT2D eigenvalue weighted by Gasteiger charge is -2.21. The van der Waals surface area contributed by atoms with Gasteiger partial charge in [-0.2, -0.15) is 22.0 Å². The maximum absolute atomic E-state index is 14.6. The molecule has 2 heterocycles. The topological polar surface area (TPSA) is 53.4 Å². The lowest BCUT2D eigenvalue weighted by atomic mass is 9.97. The summed E-state index contributed by atoms with van der Waals surface area (Å²) in [6.45, 7) is -0.405. The number of benzene rings is 1. The monoisotopic (exact) mass is 426 g/mol. The summed E-state index contributed by atoms with van der Waals surface area (Å²) in [4.78, 5) is 16.6. The third-order valence-electron chi connectivity index (χ3n) is 3.97. The van der Waals surface area contributed by atoms with E-state index in [1.54, 1.807) is 0 Å². The lowest BCUT2D eigenvalue weighted by molar-refractivity contribution is -0.207. The highest BCUT2D eigenvalue weighted by Crippen LogP contribution is 2.52. The molecular formula is C16H9Cl2F5N2O2. The van der Waals surface area contributed by atoms with Crippen molar-refractivity contribution in [2.75, 3.05) is 4.90 Å². The molecule has 1 amide bonds. The second kappa shape index (κ2) is 6.57. The molecule has 1 aliphatic rings. The van der Waals surface area contributed by atoms with Crippen molar-refractivity contribution in [3.05, 3.63) is 57.3 Å². The van der Waals surface area contributed by atoms with Crippen molar-refractivity contribution in [2.24, 2.45) is 0 Å². The second-order valence-electron chi connectivity index (χ2n) is 5.78. The van der Waals surface area contributed by atoms with Crippen LogP contribution in [0.5, 0.6) is 0 Å². The Morgan fingerprint density at radius 2 is 1.89 bits per heavy atom. The van der Waals surface area contributed by atoms with Gasteiger partial charge < -0.3 is 10.0 Å². The smallest absolute Gasteiger partial charge is 0.379 e. The highest BCUT2D eigenvalue weighted by Gasteiger charge is 2.57. The second-order valence-corrected chi connectivity index (χ2v) is 6.62. The van der Waals surface area contributed by atoms with Gasteiger partial charge in [-0.3, -0.25) is 9.78 Å². The average Bonchev–Trinajstić information content (AvgIpc) is 2.75. The summed E-state index contributed by atoms with van der Waals surface area (Å²) in [7, 11) is 0. The first-order valence-electron chi connectivity index (χ1n) is 7.31. The minimum absolute atomic E-state index is 0.190. The van der Waals surface area contributed by atoms with Gasteiger partial charge in [-0.25, -0.2) is 0 Å². The Bertz CT molecular complexity index is 920. The number of rotatable bonds is 3. The first-order valence-corrected chi connectivity index (χ1v) is 8.07. The molecule has 0 radical (unpaired) electrons. The van der Waals surface area contributed by atoms with Crippen molar-refractivity contribution < 1.29 is 31.9 Å². The van der Waals surface area contributed by atoms with E-state index in [-0.39, 0.29) is 10.6 Å². The van der Waals surface area contributed by atoms with Crippen LogP contribution >= 0.6 is 23.2 Å². The fourth-order valence-corrected chi connectivity index (χ4v) is 3.29. The molecule has 144 valence electrons. The van der Waals surface area contributed by atoms with Gasteiger partial charge in [-0.1, -0.05) is 23.2 Å². The normalized spacial score (nSPS) is 17.2. The number of alkyl halides is 5. The summed E-state index contributed by atoms with van der Waals surface area (Å²) in [5.74, 6) is -6.04. The molecule has 0 saturated heterocycles. The largest absolute Gasteiger partial charge is 0.418 e. The molecule has 1 atom stereocenters. The predicted molar refractivity (Wildman–Crippen MR) is 86.8 cm³/mol. The van der Waals surface area contributed by atoms with Gasteiger partial charge in [0.25, 0.3) is 0 Å². The molecule has 4 nitrogen and oxygen atoms in total. The number of aliphatic hydroxyl groups is 1. The van der Waals surface area contributed by atoms with E-state index in [0.29, 0.717) is 4.90 Å². The predicted octanol–water partition coefficient (Wildman–Crippen LogP) is 4.62. The van der Waals surface area contributed by atoms with Crippen molar-refractivity contribution in [2.45, 2.75) is 24.7 Å². The summed E-state index contributed by atoms with van der Waals surface area (Å²) < 4.78 is 68.0. The van der Waals surface area contributed by atoms with Crippen LogP contribution in [0.15, 0.2) is 30.6 Å². The Hall–Kier alpha value is -1.97. The van der Waals surface area contributed by atoms with E-state index >= 15 is 0 Å². The number of fused-ring (bicyclic) bond motifs is 1. The number of carbonyl (C=O) groups is 1. The zero-order chi connectivity index (χ0) is 20.1. The fourth-order valence-electron chi connectivity index (χ4n) is 2.84. The van der Waals surface area contributed by atoms with Crippen LogP contribution in [0, 0.1) is 0 Å². The molecule has 0 aliphatic carbocycles. The Morgan fingerprint density at radius 1 is 1.22 bits per heavy atom. The van der Waals surface area contributed by atoms with Crippen LogP contribution in [-0.4, -0.2) is 22.2 Å². The number of pyridine rings is 1. The number of hydrogen-bond donors (Lipinski definition) is 1. The number of amides is 1. The van der Waals surface area contributed by atoms with Crippen molar-refractivity contribution in [3.63, 3.8) is 0 Å². The maximum Gasteiger partial charge on any atom is 0.418 e. The summed E-state index contributed by atoms with van der Waals surface area (Å²) in [5, 5.41) is 9.00. The van der Waals surface area contributed by atoms with Gasteiger partial charge in [0, 0.05) is 23.0 Å². The highest BCUT2D eigenvalue weighted by molar-refractivity contribution is 6.32. The van der Waals surface area contributed by atoms with E-state index in [1.165, 1.54) is 18.5 Å². The van der Waals surface area contributed by atoms with E-state index in [0.717, 1.165) is 12.1 Å². The molecule has 1 aromatic carbocycles. The number of aliphatic hydroxyl groups excluding tert-OH is 1. The maximum atomic E-state index is 14.6. The Kier molecular flexibility index (Phi) is 4.82. The van der Waals surface area contributed by atoms with Crippen LogP contribution in [-0.2, 0) is 17.3 Å². The molecule has 27 heavy (non-hydrogen) atoms. The molecule has 11 heteroatoms. The van der Waals surface area contributed by atoms with Gasteiger partial charge in [0.15, 0.2) is 6.10 Å². The van der Waals surface area contributed by atoms with Crippen LogP contribution in [0.25, 0.3) is 0 Å². The minimum Gasteiger partial charge on any atom is -0.379 e. The summed E-state index contributed by atoms with van der Waals surface area (Å²) in [5.41, 5.74) is -2.70. The number of carbonyl (C=O) groups excluding carboxylic acids is 1. The number of hydrogen-bond acceptors (Lipinski definition) is 3. The molecule has 0 saturated carbocycles. The lowest BCUT2D eigenvalue weighted by Crippen LogP contribution is -2.34. The van der Waals surface area contributed by atoms with Crippen LogP contribution in [0.3, 0.4) is 0 Å². The molecule has 1 N–H and O–H groups in total. The van der Waals surface area contributed by atoms with Gasteiger partial charge in [0.05, 0.1) is 22.8 Å². The number of anilines is 1. The van der Waals surface area contributed by atoms with Gasteiger partial charge in [-0.05, 0) is 23.8 Å². The van der Waals surface area contributed by atoms with E-state index in [2.05, 4.69) is 4.98 Å². The van der Waals surface area contributed by atoms with Crippen molar-refractivity contribution in [1.29, 1.82) is 0 Å². The number of nitrogens with zero attached hydrogens (tertiary/aromatic N) is 2. The molecule has 0 fully saturated rings. The Morgan fingerprint density at radius 3 is 2.48 bits per heavy atom. The summed E-state index contributed by atoms with van der Waals surface area (Å²) in [6.07, 6.45) is -5.96. The van der Waals surface area contributed by atoms with Crippen molar-refractivity contribution in [3.8, 4) is 0 Å². The third-order valence-corrected chi connectivity index (χ3v) is 4.51. The zero-order valence-electron chi connectivity index (χ0n) is 13.1. The Balaban J connectivity index is 2.16. The molecule has 0 spiro atoms. The average molecular weight is 427 g/mol. The minimum atomic E-state index is -5.25. The fraction of sp³-hybridized carbons (Fsp3) is 0.250. The van der Waals surface area contributed by atoms with Gasteiger partial charge in [0.1, 0.15) is 0 Å². The van der Waals surface area contributed by atoms with E-state index in [4.69, 9.17) is 23.2 Å². The van der Waals surface area contributed by atoms with Crippen LogP contribution in [0.2, 0.25) is 10.0 Å². The quantitative estimate of drug-likeness (QED) is 0.728. The molecule has 1 aliphatic heterocycles.